The molecule has 2 heterocycles. The lowest BCUT2D eigenvalue weighted by Crippen LogP contribution is -2.29. The molecule has 0 bridgehead atoms. The smallest absolute Gasteiger partial charge is 0.263 e. The molecule has 7 heteroatoms. The number of nitrogens with one attached hydrogen (secondary N) is 1. The minimum Gasteiger partial charge on any atom is -0.370 e. The summed E-state index contributed by atoms with van der Waals surface area (Å²) in [5.41, 5.74) is 4.22. The Bertz CT molecular complexity index is 1470. The zero-order chi connectivity index (χ0) is 30.1. The number of rotatable bonds is 14. The van der Waals surface area contributed by atoms with Gasteiger partial charge >= 0.3 is 0 Å². The predicted molar refractivity (Wildman–Crippen MR) is 172 cm³/mol. The van der Waals surface area contributed by atoms with Gasteiger partial charge in [-0.2, -0.15) is 0 Å². The van der Waals surface area contributed by atoms with E-state index in [1.54, 1.807) is 29.9 Å². The van der Waals surface area contributed by atoms with Crippen LogP contribution in [0.2, 0.25) is 0 Å². The van der Waals surface area contributed by atoms with Gasteiger partial charge in [0.05, 0.1) is 11.3 Å². The highest BCUT2D eigenvalue weighted by Crippen LogP contribution is 2.34. The topological polar surface area (TPSA) is 63.1 Å². The first-order valence-corrected chi connectivity index (χ1v) is 15.1. The van der Waals surface area contributed by atoms with Crippen molar-refractivity contribution in [2.24, 2.45) is 18.9 Å². The molecule has 0 fully saturated rings. The van der Waals surface area contributed by atoms with E-state index in [4.69, 9.17) is 9.97 Å². The summed E-state index contributed by atoms with van der Waals surface area (Å²) in [6.07, 6.45) is 5.64. The molecule has 0 aliphatic heterocycles. The number of benzene rings is 2. The van der Waals surface area contributed by atoms with E-state index in [0.29, 0.717) is 46.8 Å². The Kier molecular flexibility index (Phi) is 10.9. The molecule has 2 aromatic carbocycles. The van der Waals surface area contributed by atoms with Crippen molar-refractivity contribution in [1.29, 1.82) is 0 Å². The number of halogens is 1. The Hall–Kier alpha value is -4.00. The van der Waals surface area contributed by atoms with E-state index in [-0.39, 0.29) is 11.4 Å². The normalized spacial score (nSPS) is 11.3. The third-order valence-corrected chi connectivity index (χ3v) is 7.50. The molecular formula is C35H44FN5O. The lowest BCUT2D eigenvalue weighted by Gasteiger charge is -2.28. The van der Waals surface area contributed by atoms with Crippen molar-refractivity contribution in [3.05, 3.63) is 94.7 Å². The van der Waals surface area contributed by atoms with Gasteiger partial charge in [-0.3, -0.25) is 14.3 Å². The molecule has 4 rings (SSSR count). The summed E-state index contributed by atoms with van der Waals surface area (Å²) in [4.78, 5) is 26.2. The summed E-state index contributed by atoms with van der Waals surface area (Å²) in [6.45, 7) is 11.3. The van der Waals surface area contributed by atoms with Crippen LogP contribution in [0, 0.1) is 17.7 Å². The molecule has 0 saturated heterocycles. The minimum absolute atomic E-state index is 0.204. The summed E-state index contributed by atoms with van der Waals surface area (Å²) >= 11 is 0. The van der Waals surface area contributed by atoms with Crippen LogP contribution in [-0.4, -0.2) is 34.2 Å². The first kappa shape index (κ1) is 30.9. The van der Waals surface area contributed by atoms with Crippen molar-refractivity contribution in [3.63, 3.8) is 0 Å². The van der Waals surface area contributed by atoms with E-state index in [9.17, 15) is 9.18 Å². The van der Waals surface area contributed by atoms with E-state index in [1.807, 2.05) is 24.3 Å². The third kappa shape index (κ3) is 8.05. The number of hydrogen-bond donors (Lipinski definition) is 1. The first-order valence-electron chi connectivity index (χ1n) is 15.1. The van der Waals surface area contributed by atoms with E-state index >= 15 is 0 Å². The summed E-state index contributed by atoms with van der Waals surface area (Å²) in [6, 6.07) is 20.4. The van der Waals surface area contributed by atoms with Crippen molar-refractivity contribution >= 4 is 11.6 Å². The van der Waals surface area contributed by atoms with Crippen molar-refractivity contribution in [2.75, 3.05) is 29.9 Å². The number of hydrogen-bond acceptors (Lipinski definition) is 5. The van der Waals surface area contributed by atoms with Crippen LogP contribution < -0.4 is 15.8 Å². The minimum atomic E-state index is -0.353. The van der Waals surface area contributed by atoms with E-state index in [1.165, 1.54) is 17.7 Å². The van der Waals surface area contributed by atoms with Gasteiger partial charge < -0.3 is 10.2 Å². The second-order valence-corrected chi connectivity index (χ2v) is 11.8. The molecule has 0 aliphatic carbocycles. The van der Waals surface area contributed by atoms with Gasteiger partial charge in [0, 0.05) is 32.9 Å². The van der Waals surface area contributed by atoms with Crippen molar-refractivity contribution in [2.45, 2.75) is 53.4 Å². The maximum Gasteiger partial charge on any atom is 0.263 e. The Labute approximate surface area is 249 Å². The maximum atomic E-state index is 14.0. The largest absolute Gasteiger partial charge is 0.370 e. The summed E-state index contributed by atoms with van der Waals surface area (Å²) in [7, 11) is 1.72. The molecular weight excluding hydrogens is 525 g/mol. The van der Waals surface area contributed by atoms with Crippen LogP contribution in [0.15, 0.2) is 77.7 Å². The van der Waals surface area contributed by atoms with E-state index in [0.717, 1.165) is 44.5 Å². The van der Waals surface area contributed by atoms with Crippen LogP contribution in [-0.2, 0) is 13.5 Å². The molecule has 0 unspecified atom stereocenters. The fourth-order valence-electron chi connectivity index (χ4n) is 4.96. The van der Waals surface area contributed by atoms with Crippen LogP contribution in [0.1, 0.15) is 52.5 Å². The van der Waals surface area contributed by atoms with Gasteiger partial charge in [-0.25, -0.2) is 9.37 Å². The fourth-order valence-corrected chi connectivity index (χ4v) is 4.96. The molecule has 222 valence electrons. The summed E-state index contributed by atoms with van der Waals surface area (Å²) in [5.74, 6) is 1.24. The Morgan fingerprint density at radius 3 is 2.19 bits per heavy atom. The number of aromatic nitrogens is 3. The first-order chi connectivity index (χ1) is 20.2. The summed E-state index contributed by atoms with van der Waals surface area (Å²) in [5, 5.41) is 3.40. The highest BCUT2D eigenvalue weighted by atomic mass is 19.1. The average Bonchev–Trinajstić information content (AvgIpc) is 2.98. The quantitative estimate of drug-likeness (QED) is 0.159. The predicted octanol–water partition coefficient (Wildman–Crippen LogP) is 7.59. The zero-order valence-corrected chi connectivity index (χ0v) is 25.6. The van der Waals surface area contributed by atoms with Gasteiger partial charge in [-0.1, -0.05) is 70.2 Å². The van der Waals surface area contributed by atoms with E-state index in [2.05, 4.69) is 56.1 Å². The molecule has 4 aromatic rings. The van der Waals surface area contributed by atoms with Crippen molar-refractivity contribution in [1.82, 2.24) is 14.5 Å². The van der Waals surface area contributed by atoms with Gasteiger partial charge in [0.15, 0.2) is 0 Å². The van der Waals surface area contributed by atoms with Crippen LogP contribution in [0.25, 0.3) is 22.5 Å². The standard InChI is InChI=1S/C35H44FN5O/c1-25(2)19-23-41(24-20-26(3)4)30-14-10-21-37-32(30)33-31(28-15-17-29(36)18-16-28)34(42)40(5)35(39-33)38-22-9-13-27-11-7-6-8-12-27/h6-8,10-12,14-18,21,25-26H,9,13,19-20,22-24H2,1-5H3,(H,38,39). The molecule has 0 saturated carbocycles. The molecule has 0 radical (unpaired) electrons. The molecule has 2 aromatic heterocycles. The second-order valence-electron chi connectivity index (χ2n) is 11.8. The molecule has 42 heavy (non-hydrogen) atoms. The Morgan fingerprint density at radius 1 is 0.881 bits per heavy atom. The highest BCUT2D eigenvalue weighted by Gasteiger charge is 2.23. The van der Waals surface area contributed by atoms with Gasteiger partial charge in [0.2, 0.25) is 5.95 Å². The number of nitrogens with zero attached hydrogens (tertiary/aromatic N) is 4. The highest BCUT2D eigenvalue weighted by molar-refractivity contribution is 5.85. The molecule has 0 aliphatic rings. The van der Waals surface area contributed by atoms with Gasteiger partial charge in [-0.15, -0.1) is 0 Å². The van der Waals surface area contributed by atoms with Gasteiger partial charge in [-0.05, 0) is 72.9 Å². The maximum absolute atomic E-state index is 14.0. The lowest BCUT2D eigenvalue weighted by atomic mass is 10.0. The van der Waals surface area contributed by atoms with E-state index < -0.39 is 0 Å². The zero-order valence-electron chi connectivity index (χ0n) is 25.6. The van der Waals surface area contributed by atoms with Crippen LogP contribution >= 0.6 is 0 Å². The van der Waals surface area contributed by atoms with Gasteiger partial charge in [0.25, 0.3) is 5.56 Å². The molecule has 0 amide bonds. The second kappa shape index (κ2) is 14.8. The number of aryl methyl sites for hydroxylation is 1. The number of pyridine rings is 1. The summed E-state index contributed by atoms with van der Waals surface area (Å²) < 4.78 is 15.5. The fraction of sp³-hybridized carbons (Fsp3) is 0.400. The third-order valence-electron chi connectivity index (χ3n) is 7.50. The molecule has 6 nitrogen and oxygen atoms in total. The van der Waals surface area contributed by atoms with Crippen molar-refractivity contribution < 1.29 is 4.39 Å². The van der Waals surface area contributed by atoms with Crippen molar-refractivity contribution in [3.8, 4) is 22.5 Å². The van der Waals surface area contributed by atoms with Crippen LogP contribution in [0.5, 0.6) is 0 Å². The Balaban J connectivity index is 1.78. The average molecular weight is 570 g/mol. The molecule has 1 N–H and O–H groups in total. The van der Waals surface area contributed by atoms with Crippen LogP contribution in [0.3, 0.4) is 0 Å². The monoisotopic (exact) mass is 569 g/mol. The van der Waals surface area contributed by atoms with Gasteiger partial charge in [0.1, 0.15) is 17.2 Å². The molecule has 0 atom stereocenters. The number of anilines is 2. The van der Waals surface area contributed by atoms with Crippen LogP contribution in [0.4, 0.5) is 16.0 Å². The lowest BCUT2D eigenvalue weighted by molar-refractivity contribution is 0.535. The molecule has 0 spiro atoms. The Morgan fingerprint density at radius 2 is 1.55 bits per heavy atom. The SMILES string of the molecule is CC(C)CCN(CCC(C)C)c1cccnc1-c1nc(NCCCc2ccccc2)n(C)c(=O)c1-c1ccc(F)cc1.